The summed E-state index contributed by atoms with van der Waals surface area (Å²) in [4.78, 5) is 12.0. The van der Waals surface area contributed by atoms with Crippen LogP contribution in [0.15, 0.2) is 24.3 Å². The van der Waals surface area contributed by atoms with E-state index in [9.17, 15) is 4.79 Å². The molecule has 148 valence electrons. The van der Waals surface area contributed by atoms with Crippen molar-refractivity contribution in [3.05, 3.63) is 35.4 Å². The first-order chi connectivity index (χ1) is 12.2. The van der Waals surface area contributed by atoms with Gasteiger partial charge in [-0.05, 0) is 34.7 Å². The van der Waals surface area contributed by atoms with Crippen molar-refractivity contribution in [2.45, 2.75) is 77.6 Å². The zero-order chi connectivity index (χ0) is 19.9. The van der Waals surface area contributed by atoms with Crippen molar-refractivity contribution in [3.63, 3.8) is 0 Å². The first-order valence-electron chi connectivity index (χ1n) is 9.80. The maximum absolute atomic E-state index is 12.0. The van der Waals surface area contributed by atoms with Crippen LogP contribution in [0.2, 0.25) is 16.6 Å². The van der Waals surface area contributed by atoms with Gasteiger partial charge < -0.3 is 14.9 Å². The van der Waals surface area contributed by atoms with Gasteiger partial charge in [-0.1, -0.05) is 65.8 Å². The number of esters is 1. The van der Waals surface area contributed by atoms with Gasteiger partial charge in [0.1, 0.15) is 0 Å². The van der Waals surface area contributed by atoms with Crippen LogP contribution >= 0.6 is 0 Å². The lowest BCUT2D eigenvalue weighted by molar-refractivity contribution is -0.144. The van der Waals surface area contributed by atoms with Gasteiger partial charge >= 0.3 is 5.97 Å². The van der Waals surface area contributed by atoms with Gasteiger partial charge in [-0.25, -0.2) is 0 Å². The van der Waals surface area contributed by atoms with E-state index in [0.29, 0.717) is 29.8 Å². The lowest BCUT2D eigenvalue weighted by Gasteiger charge is -2.42. The van der Waals surface area contributed by atoms with Crippen molar-refractivity contribution in [1.82, 2.24) is 0 Å². The van der Waals surface area contributed by atoms with Crippen molar-refractivity contribution < 1.29 is 14.0 Å². The van der Waals surface area contributed by atoms with E-state index in [-0.39, 0.29) is 12.5 Å². The van der Waals surface area contributed by atoms with Crippen LogP contribution < -0.4 is 5.73 Å². The van der Waals surface area contributed by atoms with Crippen molar-refractivity contribution in [1.29, 1.82) is 0 Å². The number of hydrogen-bond acceptors (Lipinski definition) is 4. The quantitative estimate of drug-likeness (QED) is 0.460. The Labute approximate surface area is 160 Å². The molecule has 0 aliphatic carbocycles. The molecule has 0 saturated heterocycles. The first-order valence-corrected chi connectivity index (χ1v) is 11.9. The lowest BCUT2D eigenvalue weighted by Crippen LogP contribution is -2.47. The first kappa shape index (κ1) is 22.9. The summed E-state index contributed by atoms with van der Waals surface area (Å²) >= 11 is 0. The third-order valence-electron chi connectivity index (χ3n) is 5.38. The summed E-state index contributed by atoms with van der Waals surface area (Å²) < 4.78 is 11.7. The van der Waals surface area contributed by atoms with E-state index in [4.69, 9.17) is 14.9 Å². The number of nitrogens with two attached hydrogens (primary N) is 1. The lowest BCUT2D eigenvalue weighted by atomic mass is 9.98. The van der Waals surface area contributed by atoms with Gasteiger partial charge in [0.25, 0.3) is 0 Å². The summed E-state index contributed by atoms with van der Waals surface area (Å²) in [5.41, 5.74) is 9.49. The molecule has 0 saturated carbocycles. The molecule has 0 spiro atoms. The van der Waals surface area contributed by atoms with Gasteiger partial charge in [-0.15, -0.1) is 0 Å². The molecular formula is C21H37NO3Si. The molecular weight excluding hydrogens is 342 g/mol. The number of benzene rings is 1. The summed E-state index contributed by atoms with van der Waals surface area (Å²) in [6.07, 6.45) is 0. The van der Waals surface area contributed by atoms with E-state index in [1.54, 1.807) is 6.92 Å². The summed E-state index contributed by atoms with van der Waals surface area (Å²) in [6.45, 7) is 16.8. The van der Waals surface area contributed by atoms with Gasteiger partial charge in [-0.2, -0.15) is 0 Å². The second-order valence-electron chi connectivity index (χ2n) is 7.89. The minimum Gasteiger partial charge on any atom is -0.465 e. The molecule has 0 bridgehead atoms. The molecule has 0 fully saturated rings. The molecule has 4 nitrogen and oxygen atoms in total. The molecule has 0 heterocycles. The number of carbonyl (C=O) groups excluding carboxylic acids is 1. The van der Waals surface area contributed by atoms with Crippen LogP contribution in [-0.4, -0.2) is 27.4 Å². The van der Waals surface area contributed by atoms with Crippen LogP contribution in [0.1, 0.15) is 65.5 Å². The zero-order valence-electron chi connectivity index (χ0n) is 17.5. The van der Waals surface area contributed by atoms with E-state index >= 15 is 0 Å². The Morgan fingerprint density at radius 3 is 1.88 bits per heavy atom. The monoisotopic (exact) mass is 379 g/mol. The summed E-state index contributed by atoms with van der Waals surface area (Å²) in [5, 5.41) is 0. The average molecular weight is 380 g/mol. The van der Waals surface area contributed by atoms with Crippen LogP contribution in [-0.2, 0) is 20.6 Å². The third-order valence-corrected chi connectivity index (χ3v) is 11.4. The van der Waals surface area contributed by atoms with Crippen molar-refractivity contribution in [2.75, 3.05) is 13.2 Å². The molecule has 1 aromatic carbocycles. The largest absolute Gasteiger partial charge is 0.465 e. The maximum Gasteiger partial charge on any atom is 0.314 e. The van der Waals surface area contributed by atoms with E-state index in [1.807, 2.05) is 24.3 Å². The van der Waals surface area contributed by atoms with E-state index in [1.165, 1.54) is 0 Å². The Bertz CT molecular complexity index is 533. The minimum absolute atomic E-state index is 0.249. The van der Waals surface area contributed by atoms with Gasteiger partial charge in [0.05, 0.1) is 19.1 Å². The molecule has 1 aromatic rings. The average Bonchev–Trinajstić information content (AvgIpc) is 2.56. The molecule has 1 rings (SSSR count). The standard InChI is InChI=1S/C21H37NO3Si/c1-8-24-21(23)20(13-22)19-11-9-18(10-12-19)14-25-26(15(2)3,16(4)5)17(6)7/h9-12,15-17,20H,8,13-14,22H2,1-7H3. The molecule has 26 heavy (non-hydrogen) atoms. The Morgan fingerprint density at radius 2 is 1.50 bits per heavy atom. The van der Waals surface area contributed by atoms with Gasteiger partial charge in [0.2, 0.25) is 8.32 Å². The Morgan fingerprint density at radius 1 is 1.00 bits per heavy atom. The number of hydrogen-bond donors (Lipinski definition) is 1. The molecule has 0 aliphatic heterocycles. The fraction of sp³-hybridized carbons (Fsp3) is 0.667. The second-order valence-corrected chi connectivity index (χ2v) is 13.3. The van der Waals surface area contributed by atoms with Gasteiger partial charge in [0.15, 0.2) is 0 Å². The number of rotatable bonds is 10. The molecule has 0 aromatic heterocycles. The maximum atomic E-state index is 12.0. The fourth-order valence-electron chi connectivity index (χ4n) is 4.17. The minimum atomic E-state index is -1.88. The summed E-state index contributed by atoms with van der Waals surface area (Å²) in [5.74, 6) is -0.662. The second kappa shape index (κ2) is 10.2. The van der Waals surface area contributed by atoms with Crippen LogP contribution in [0, 0.1) is 0 Å². The van der Waals surface area contributed by atoms with Crippen molar-refractivity contribution >= 4 is 14.3 Å². The highest BCUT2D eigenvalue weighted by Gasteiger charge is 2.44. The normalized spacial score (nSPS) is 13.5. The predicted molar refractivity (Wildman–Crippen MR) is 111 cm³/mol. The molecule has 1 unspecified atom stereocenters. The molecule has 0 radical (unpaired) electrons. The smallest absolute Gasteiger partial charge is 0.314 e. The Balaban J connectivity index is 2.91. The molecule has 1 atom stereocenters. The molecule has 5 heteroatoms. The topological polar surface area (TPSA) is 61.5 Å². The highest BCUT2D eigenvalue weighted by Crippen LogP contribution is 2.42. The van der Waals surface area contributed by atoms with E-state index < -0.39 is 14.2 Å². The highest BCUT2D eigenvalue weighted by atomic mass is 28.4. The molecule has 2 N–H and O–H groups in total. The van der Waals surface area contributed by atoms with Crippen LogP contribution in [0.25, 0.3) is 0 Å². The van der Waals surface area contributed by atoms with E-state index in [2.05, 4.69) is 41.5 Å². The van der Waals surface area contributed by atoms with Crippen LogP contribution in [0.5, 0.6) is 0 Å². The Kier molecular flexibility index (Phi) is 9.00. The van der Waals surface area contributed by atoms with Crippen molar-refractivity contribution in [3.8, 4) is 0 Å². The zero-order valence-corrected chi connectivity index (χ0v) is 18.5. The van der Waals surface area contributed by atoms with Crippen LogP contribution in [0.4, 0.5) is 0 Å². The van der Waals surface area contributed by atoms with E-state index in [0.717, 1.165) is 11.1 Å². The number of ether oxygens (including phenoxy) is 1. The summed E-state index contributed by atoms with van der Waals surface area (Å²) in [7, 11) is -1.88. The summed E-state index contributed by atoms with van der Waals surface area (Å²) in [6, 6.07) is 8.02. The van der Waals surface area contributed by atoms with Crippen molar-refractivity contribution in [2.24, 2.45) is 5.73 Å². The predicted octanol–water partition coefficient (Wildman–Crippen LogP) is 4.98. The Hall–Kier alpha value is -1.17. The highest BCUT2D eigenvalue weighted by molar-refractivity contribution is 6.77. The third kappa shape index (κ3) is 5.18. The number of carbonyl (C=O) groups is 1. The SMILES string of the molecule is CCOC(=O)C(CN)c1ccc(CO[Si](C(C)C)(C(C)C)C(C)C)cc1. The van der Waals surface area contributed by atoms with Gasteiger partial charge in [-0.3, -0.25) is 4.79 Å². The van der Waals surface area contributed by atoms with Crippen LogP contribution in [0.3, 0.4) is 0 Å². The molecule has 0 amide bonds. The fourth-order valence-corrected chi connectivity index (χ4v) is 9.58. The molecule has 0 aliphatic rings. The van der Waals surface area contributed by atoms with Gasteiger partial charge in [0, 0.05) is 6.54 Å².